The summed E-state index contributed by atoms with van der Waals surface area (Å²) in [6.07, 6.45) is 3.11. The first-order valence-corrected chi connectivity index (χ1v) is 7.17. The van der Waals surface area contributed by atoms with Gasteiger partial charge in [0.25, 0.3) is 0 Å². The molecule has 0 radical (unpaired) electrons. The molecule has 1 aromatic rings. The van der Waals surface area contributed by atoms with Crippen LogP contribution in [-0.4, -0.2) is 46.1 Å². The van der Waals surface area contributed by atoms with Crippen LogP contribution in [0.3, 0.4) is 0 Å². The number of carboxylic acid groups (broad SMARTS) is 1. The van der Waals surface area contributed by atoms with Crippen LogP contribution in [0.1, 0.15) is 12.0 Å². The Bertz CT molecular complexity index is 435. The van der Waals surface area contributed by atoms with Crippen LogP contribution in [0.15, 0.2) is 23.0 Å². The van der Waals surface area contributed by atoms with Crippen molar-refractivity contribution >= 4 is 23.8 Å². The van der Waals surface area contributed by atoms with Gasteiger partial charge in [-0.25, -0.2) is 4.79 Å². The Kier molecular flexibility index (Phi) is 4.73. The highest BCUT2D eigenvalue weighted by atomic mass is 32.2. The molecule has 0 saturated carbocycles. The fourth-order valence-corrected chi connectivity index (χ4v) is 3.03. The third-order valence-corrected chi connectivity index (χ3v) is 4.01. The molecular formula is C12H16N2O4S. The standard InChI is InChI=1S/C12H16N2O4S/c15-11(16)5-10-8-19-4-2-14(10)12(17)13-6-9-1-3-18-7-9/h1,3,7,10H,2,4-6,8H2,(H,13,17)(H,15,16). The maximum Gasteiger partial charge on any atom is 0.317 e. The molecule has 0 bridgehead atoms. The zero-order chi connectivity index (χ0) is 13.7. The van der Waals surface area contributed by atoms with Gasteiger partial charge in [-0.1, -0.05) is 0 Å². The molecular weight excluding hydrogens is 268 g/mol. The van der Waals surface area contributed by atoms with Crippen molar-refractivity contribution in [1.82, 2.24) is 10.2 Å². The van der Waals surface area contributed by atoms with E-state index in [0.717, 1.165) is 11.3 Å². The summed E-state index contributed by atoms with van der Waals surface area (Å²) in [5, 5.41) is 11.6. The van der Waals surface area contributed by atoms with Crippen LogP contribution in [0.25, 0.3) is 0 Å². The Morgan fingerprint density at radius 3 is 3.11 bits per heavy atom. The van der Waals surface area contributed by atoms with E-state index in [1.807, 2.05) is 0 Å². The van der Waals surface area contributed by atoms with Gasteiger partial charge in [-0.05, 0) is 6.07 Å². The van der Waals surface area contributed by atoms with Crippen molar-refractivity contribution in [2.24, 2.45) is 0 Å². The number of hydrogen-bond acceptors (Lipinski definition) is 4. The van der Waals surface area contributed by atoms with Crippen molar-refractivity contribution in [3.8, 4) is 0 Å². The number of carbonyl (C=O) groups is 2. The first-order chi connectivity index (χ1) is 9.16. The fraction of sp³-hybridized carbons (Fsp3) is 0.500. The van der Waals surface area contributed by atoms with Gasteiger partial charge in [-0.15, -0.1) is 0 Å². The molecule has 2 rings (SSSR count). The lowest BCUT2D eigenvalue weighted by Gasteiger charge is -2.34. The molecule has 2 N–H and O–H groups in total. The SMILES string of the molecule is O=C(O)CC1CSCCN1C(=O)NCc1ccoc1. The van der Waals surface area contributed by atoms with Gasteiger partial charge in [-0.2, -0.15) is 11.8 Å². The molecule has 0 aromatic carbocycles. The number of carboxylic acids is 1. The molecule has 104 valence electrons. The van der Waals surface area contributed by atoms with E-state index in [9.17, 15) is 9.59 Å². The number of nitrogens with zero attached hydrogens (tertiary/aromatic N) is 1. The van der Waals surface area contributed by atoms with E-state index in [0.29, 0.717) is 18.8 Å². The second kappa shape index (κ2) is 6.51. The maximum atomic E-state index is 12.1. The predicted octanol–water partition coefficient (Wildman–Crippen LogP) is 1.38. The summed E-state index contributed by atoms with van der Waals surface area (Å²) < 4.78 is 4.92. The Labute approximate surface area is 115 Å². The first kappa shape index (κ1) is 13.8. The number of amides is 2. The molecule has 0 spiro atoms. The third kappa shape index (κ3) is 3.92. The van der Waals surface area contributed by atoms with Crippen molar-refractivity contribution in [3.63, 3.8) is 0 Å². The number of urea groups is 1. The highest BCUT2D eigenvalue weighted by Gasteiger charge is 2.28. The van der Waals surface area contributed by atoms with Gasteiger partial charge in [-0.3, -0.25) is 4.79 Å². The Morgan fingerprint density at radius 1 is 1.58 bits per heavy atom. The van der Waals surface area contributed by atoms with Crippen LogP contribution in [0.2, 0.25) is 0 Å². The molecule has 1 fully saturated rings. The monoisotopic (exact) mass is 284 g/mol. The summed E-state index contributed by atoms with van der Waals surface area (Å²) in [6, 6.07) is 1.33. The number of hydrogen-bond donors (Lipinski definition) is 2. The second-order valence-corrected chi connectivity index (χ2v) is 5.46. The van der Waals surface area contributed by atoms with Crippen LogP contribution in [0, 0.1) is 0 Å². The lowest BCUT2D eigenvalue weighted by Crippen LogP contribution is -2.51. The molecule has 1 aliphatic rings. The van der Waals surface area contributed by atoms with E-state index in [2.05, 4.69) is 5.32 Å². The third-order valence-electron chi connectivity index (χ3n) is 2.92. The van der Waals surface area contributed by atoms with Gasteiger partial charge in [0, 0.05) is 30.2 Å². The summed E-state index contributed by atoms with van der Waals surface area (Å²) in [5.74, 6) is 0.640. The largest absolute Gasteiger partial charge is 0.481 e. The van der Waals surface area contributed by atoms with Gasteiger partial charge in [0.15, 0.2) is 0 Å². The number of furan rings is 1. The number of rotatable bonds is 4. The summed E-state index contributed by atoms with van der Waals surface area (Å²) in [5.41, 5.74) is 0.884. The van der Waals surface area contributed by atoms with Crippen LogP contribution >= 0.6 is 11.8 Å². The maximum absolute atomic E-state index is 12.1. The van der Waals surface area contributed by atoms with Gasteiger partial charge in [0.05, 0.1) is 25.0 Å². The molecule has 2 amide bonds. The van der Waals surface area contributed by atoms with Gasteiger partial charge < -0.3 is 19.7 Å². The number of aliphatic carboxylic acids is 1. The minimum absolute atomic E-state index is 0.00781. The Balaban J connectivity index is 1.89. The van der Waals surface area contributed by atoms with Crippen molar-refractivity contribution < 1.29 is 19.1 Å². The van der Waals surface area contributed by atoms with Crippen molar-refractivity contribution in [1.29, 1.82) is 0 Å². The zero-order valence-corrected chi connectivity index (χ0v) is 11.2. The van der Waals surface area contributed by atoms with E-state index < -0.39 is 5.97 Å². The van der Waals surface area contributed by atoms with Crippen molar-refractivity contribution in [2.75, 3.05) is 18.1 Å². The Hall–Kier alpha value is -1.63. The smallest absolute Gasteiger partial charge is 0.317 e. The van der Waals surface area contributed by atoms with Crippen LogP contribution in [-0.2, 0) is 11.3 Å². The fourth-order valence-electron chi connectivity index (χ4n) is 1.97. The van der Waals surface area contributed by atoms with E-state index in [1.54, 1.807) is 35.3 Å². The summed E-state index contributed by atoms with van der Waals surface area (Å²) >= 11 is 1.68. The average molecular weight is 284 g/mol. The molecule has 1 aromatic heterocycles. The molecule has 6 nitrogen and oxygen atoms in total. The van der Waals surface area contributed by atoms with Crippen molar-refractivity contribution in [2.45, 2.75) is 19.0 Å². The lowest BCUT2D eigenvalue weighted by atomic mass is 10.2. The minimum atomic E-state index is -0.875. The first-order valence-electron chi connectivity index (χ1n) is 6.02. The van der Waals surface area contributed by atoms with Gasteiger partial charge in [0.2, 0.25) is 0 Å². The summed E-state index contributed by atoms with van der Waals surface area (Å²) in [4.78, 5) is 24.5. The summed E-state index contributed by atoms with van der Waals surface area (Å²) in [7, 11) is 0. The molecule has 1 saturated heterocycles. The van der Waals surface area contributed by atoms with E-state index >= 15 is 0 Å². The van der Waals surface area contributed by atoms with Crippen LogP contribution in [0.5, 0.6) is 0 Å². The normalized spacial score (nSPS) is 19.2. The van der Waals surface area contributed by atoms with E-state index in [1.165, 1.54) is 0 Å². The highest BCUT2D eigenvalue weighted by Crippen LogP contribution is 2.19. The minimum Gasteiger partial charge on any atom is -0.481 e. The molecule has 7 heteroatoms. The molecule has 1 unspecified atom stereocenters. The second-order valence-electron chi connectivity index (χ2n) is 4.31. The van der Waals surface area contributed by atoms with Crippen LogP contribution in [0.4, 0.5) is 4.79 Å². The molecule has 2 heterocycles. The predicted molar refractivity (Wildman–Crippen MR) is 71.0 cm³/mol. The number of thioether (sulfide) groups is 1. The quantitative estimate of drug-likeness (QED) is 0.873. The highest BCUT2D eigenvalue weighted by molar-refractivity contribution is 7.99. The number of nitrogens with one attached hydrogen (secondary N) is 1. The lowest BCUT2D eigenvalue weighted by molar-refractivity contribution is -0.137. The van der Waals surface area contributed by atoms with Gasteiger partial charge in [0.1, 0.15) is 0 Å². The average Bonchev–Trinajstić information content (AvgIpc) is 2.89. The van der Waals surface area contributed by atoms with Crippen LogP contribution < -0.4 is 5.32 Å². The Morgan fingerprint density at radius 2 is 2.42 bits per heavy atom. The molecule has 19 heavy (non-hydrogen) atoms. The zero-order valence-electron chi connectivity index (χ0n) is 10.4. The van der Waals surface area contributed by atoms with E-state index in [-0.39, 0.29) is 18.5 Å². The van der Waals surface area contributed by atoms with Crippen molar-refractivity contribution in [3.05, 3.63) is 24.2 Å². The van der Waals surface area contributed by atoms with E-state index in [4.69, 9.17) is 9.52 Å². The number of carbonyl (C=O) groups excluding carboxylic acids is 1. The molecule has 0 aliphatic carbocycles. The molecule has 1 atom stereocenters. The summed E-state index contributed by atoms with van der Waals surface area (Å²) in [6.45, 7) is 0.971. The topological polar surface area (TPSA) is 82.8 Å². The molecule has 1 aliphatic heterocycles. The van der Waals surface area contributed by atoms with Gasteiger partial charge >= 0.3 is 12.0 Å².